The Morgan fingerprint density at radius 3 is 2.96 bits per heavy atom. The second kappa shape index (κ2) is 8.87. The number of benzene rings is 2. The second-order valence-corrected chi connectivity index (χ2v) is 7.33. The highest BCUT2D eigenvalue weighted by atomic mass is 32.2. The largest absolute Gasteiger partial charge is 0.388 e. The van der Waals surface area contributed by atoms with E-state index in [-0.39, 0.29) is 12.5 Å². The summed E-state index contributed by atoms with van der Waals surface area (Å²) in [5.74, 6) is 2.42. The summed E-state index contributed by atoms with van der Waals surface area (Å²) >= 11 is 1.88. The molecule has 0 atom stereocenters. The molecule has 0 saturated heterocycles. The zero-order chi connectivity index (χ0) is 18.4. The van der Waals surface area contributed by atoms with Crippen LogP contribution in [-0.4, -0.2) is 33.3 Å². The predicted octanol–water partition coefficient (Wildman–Crippen LogP) is 3.42. The minimum Gasteiger partial charge on any atom is -0.388 e. The molecule has 3 aromatic rings. The second-order valence-electron chi connectivity index (χ2n) is 6.22. The highest BCUT2D eigenvalue weighted by Gasteiger charge is 2.08. The van der Waals surface area contributed by atoms with Gasteiger partial charge < -0.3 is 15.4 Å². The van der Waals surface area contributed by atoms with Gasteiger partial charge in [0.15, 0.2) is 0 Å². The lowest BCUT2D eigenvalue weighted by molar-refractivity contribution is 0.0954. The minimum absolute atomic E-state index is 0.0873. The van der Waals surface area contributed by atoms with E-state index in [0.717, 1.165) is 29.0 Å². The molecule has 0 aliphatic carbocycles. The SMILES string of the molecule is Cc1cccc(CSCCCNC(=O)c2ccc3nc(CO)[nH]c3c2)c1. The maximum atomic E-state index is 12.3. The zero-order valence-electron chi connectivity index (χ0n) is 14.8. The van der Waals surface area contributed by atoms with Gasteiger partial charge in [-0.2, -0.15) is 11.8 Å². The van der Waals surface area contributed by atoms with Crippen molar-refractivity contribution in [2.75, 3.05) is 12.3 Å². The molecule has 3 rings (SSSR count). The number of carbonyl (C=O) groups is 1. The van der Waals surface area contributed by atoms with Crippen LogP contribution in [0.25, 0.3) is 11.0 Å². The quantitative estimate of drug-likeness (QED) is 0.532. The number of carbonyl (C=O) groups excluding carboxylic acids is 1. The van der Waals surface area contributed by atoms with Crippen LogP contribution < -0.4 is 5.32 Å². The Morgan fingerprint density at radius 1 is 1.27 bits per heavy atom. The molecule has 0 aliphatic heterocycles. The van der Waals surface area contributed by atoms with Crippen LogP contribution in [0.3, 0.4) is 0 Å². The molecular weight excluding hydrogens is 346 g/mol. The number of aromatic nitrogens is 2. The fourth-order valence-corrected chi connectivity index (χ4v) is 3.66. The van der Waals surface area contributed by atoms with Crippen molar-refractivity contribution in [1.82, 2.24) is 15.3 Å². The molecule has 1 heterocycles. The number of imidazole rings is 1. The van der Waals surface area contributed by atoms with Gasteiger partial charge in [-0.3, -0.25) is 4.79 Å². The maximum Gasteiger partial charge on any atom is 0.251 e. The number of aliphatic hydroxyl groups excluding tert-OH is 1. The number of thioether (sulfide) groups is 1. The lowest BCUT2D eigenvalue weighted by Crippen LogP contribution is -2.24. The van der Waals surface area contributed by atoms with E-state index in [9.17, 15) is 4.79 Å². The van der Waals surface area contributed by atoms with Crippen LogP contribution in [-0.2, 0) is 12.4 Å². The van der Waals surface area contributed by atoms with Crippen molar-refractivity contribution >= 4 is 28.7 Å². The number of nitrogens with one attached hydrogen (secondary N) is 2. The standard InChI is InChI=1S/C20H23N3O2S/c1-14-4-2-5-15(10-14)13-26-9-3-8-21-20(25)16-6-7-17-18(11-16)23-19(12-24)22-17/h2,4-7,10-11,24H,3,8-9,12-13H2,1H3,(H,21,25)(H,22,23). The normalized spacial score (nSPS) is 11.0. The molecular formula is C20H23N3O2S. The molecule has 0 bridgehead atoms. The summed E-state index contributed by atoms with van der Waals surface area (Å²) in [5.41, 5.74) is 4.73. The number of aryl methyl sites for hydroxylation is 1. The van der Waals surface area contributed by atoms with Gasteiger partial charge in [0, 0.05) is 17.9 Å². The van der Waals surface area contributed by atoms with Gasteiger partial charge in [-0.05, 0) is 42.9 Å². The lowest BCUT2D eigenvalue weighted by Gasteiger charge is -2.06. The summed E-state index contributed by atoms with van der Waals surface area (Å²) < 4.78 is 0. The van der Waals surface area contributed by atoms with E-state index < -0.39 is 0 Å². The summed E-state index contributed by atoms with van der Waals surface area (Å²) in [7, 11) is 0. The van der Waals surface area contributed by atoms with E-state index in [1.807, 2.05) is 11.8 Å². The highest BCUT2D eigenvalue weighted by molar-refractivity contribution is 7.98. The molecule has 1 amide bonds. The van der Waals surface area contributed by atoms with Gasteiger partial charge in [-0.15, -0.1) is 0 Å². The summed E-state index contributed by atoms with van der Waals surface area (Å²) in [6, 6.07) is 13.9. The number of H-pyrrole nitrogens is 1. The van der Waals surface area contributed by atoms with Gasteiger partial charge in [-0.1, -0.05) is 29.8 Å². The Hall–Kier alpha value is -2.31. The number of amides is 1. The van der Waals surface area contributed by atoms with Crippen molar-refractivity contribution in [1.29, 1.82) is 0 Å². The molecule has 6 heteroatoms. The van der Waals surface area contributed by atoms with Crippen molar-refractivity contribution in [2.24, 2.45) is 0 Å². The molecule has 3 N–H and O–H groups in total. The van der Waals surface area contributed by atoms with Crippen LogP contribution >= 0.6 is 11.8 Å². The Morgan fingerprint density at radius 2 is 2.15 bits per heavy atom. The van der Waals surface area contributed by atoms with Crippen molar-refractivity contribution in [3.05, 3.63) is 65.0 Å². The van der Waals surface area contributed by atoms with E-state index in [1.54, 1.807) is 18.2 Å². The lowest BCUT2D eigenvalue weighted by atomic mass is 10.2. The van der Waals surface area contributed by atoms with Crippen LogP contribution in [0.4, 0.5) is 0 Å². The van der Waals surface area contributed by atoms with Gasteiger partial charge in [0.2, 0.25) is 0 Å². The summed E-state index contributed by atoms with van der Waals surface area (Å²) in [6.07, 6.45) is 0.934. The molecule has 0 saturated carbocycles. The van der Waals surface area contributed by atoms with Crippen molar-refractivity contribution in [3.63, 3.8) is 0 Å². The zero-order valence-corrected chi connectivity index (χ0v) is 15.6. The third-order valence-electron chi connectivity index (χ3n) is 4.05. The summed E-state index contributed by atoms with van der Waals surface area (Å²) in [6.45, 7) is 2.62. The van der Waals surface area contributed by atoms with Crippen LogP contribution in [0, 0.1) is 6.92 Å². The molecule has 136 valence electrons. The number of hydrogen-bond donors (Lipinski definition) is 3. The third-order valence-corrected chi connectivity index (χ3v) is 5.16. The van der Waals surface area contributed by atoms with Gasteiger partial charge >= 0.3 is 0 Å². The number of fused-ring (bicyclic) bond motifs is 1. The molecule has 26 heavy (non-hydrogen) atoms. The smallest absolute Gasteiger partial charge is 0.251 e. The molecule has 0 radical (unpaired) electrons. The van der Waals surface area contributed by atoms with Gasteiger partial charge in [-0.25, -0.2) is 4.98 Å². The fraction of sp³-hybridized carbons (Fsp3) is 0.300. The number of aromatic amines is 1. The number of aliphatic hydroxyl groups is 1. The van der Waals surface area contributed by atoms with Crippen LogP contribution in [0.1, 0.15) is 33.7 Å². The van der Waals surface area contributed by atoms with Crippen molar-refractivity contribution < 1.29 is 9.90 Å². The Bertz CT molecular complexity index is 892. The first-order chi connectivity index (χ1) is 12.7. The first-order valence-corrected chi connectivity index (χ1v) is 9.82. The fourth-order valence-electron chi connectivity index (χ4n) is 2.75. The number of rotatable bonds is 8. The van der Waals surface area contributed by atoms with E-state index >= 15 is 0 Å². The molecule has 0 spiro atoms. The monoisotopic (exact) mass is 369 g/mol. The van der Waals surface area contributed by atoms with Crippen LogP contribution in [0.2, 0.25) is 0 Å². The molecule has 5 nitrogen and oxygen atoms in total. The molecule has 0 aliphatic rings. The average molecular weight is 369 g/mol. The van der Waals surface area contributed by atoms with E-state index in [0.29, 0.717) is 17.9 Å². The van der Waals surface area contributed by atoms with E-state index in [4.69, 9.17) is 5.11 Å². The first-order valence-electron chi connectivity index (χ1n) is 8.66. The maximum absolute atomic E-state index is 12.3. The summed E-state index contributed by atoms with van der Waals surface area (Å²) in [4.78, 5) is 19.5. The summed E-state index contributed by atoms with van der Waals surface area (Å²) in [5, 5.41) is 12.1. The van der Waals surface area contributed by atoms with Gasteiger partial charge in [0.25, 0.3) is 5.91 Å². The van der Waals surface area contributed by atoms with Gasteiger partial charge in [0.1, 0.15) is 12.4 Å². The first kappa shape index (κ1) is 18.5. The highest BCUT2D eigenvalue weighted by Crippen LogP contribution is 2.15. The average Bonchev–Trinajstić information content (AvgIpc) is 3.06. The predicted molar refractivity (Wildman–Crippen MR) is 106 cm³/mol. The van der Waals surface area contributed by atoms with Gasteiger partial charge in [0.05, 0.1) is 11.0 Å². The third kappa shape index (κ3) is 4.86. The molecule has 0 fully saturated rings. The molecule has 2 aromatic carbocycles. The Balaban J connectivity index is 1.41. The molecule has 0 unspecified atom stereocenters. The molecule has 1 aromatic heterocycles. The van der Waals surface area contributed by atoms with Crippen LogP contribution in [0.15, 0.2) is 42.5 Å². The van der Waals surface area contributed by atoms with Crippen molar-refractivity contribution in [3.8, 4) is 0 Å². The van der Waals surface area contributed by atoms with E-state index in [1.165, 1.54) is 11.1 Å². The Labute approximate surface area is 157 Å². The Kier molecular flexibility index (Phi) is 6.30. The number of hydrogen-bond acceptors (Lipinski definition) is 4. The number of nitrogens with zero attached hydrogens (tertiary/aromatic N) is 1. The minimum atomic E-state index is -0.142. The van der Waals surface area contributed by atoms with E-state index in [2.05, 4.69) is 46.5 Å². The topological polar surface area (TPSA) is 78.0 Å². The van der Waals surface area contributed by atoms with Crippen LogP contribution in [0.5, 0.6) is 0 Å². The van der Waals surface area contributed by atoms with Crippen molar-refractivity contribution in [2.45, 2.75) is 25.7 Å².